The van der Waals surface area contributed by atoms with Gasteiger partial charge in [-0.15, -0.1) is 0 Å². The van der Waals surface area contributed by atoms with Crippen molar-refractivity contribution in [1.82, 2.24) is 9.88 Å². The second-order valence-corrected chi connectivity index (χ2v) is 4.69. The molecule has 1 N–H and O–H groups in total. The Morgan fingerprint density at radius 2 is 2.17 bits per heavy atom. The molecule has 0 spiro atoms. The SMILES string of the molecule is O[C@@H]1CCN(Cc2coc(-c3ccccc3)n2)C1. The van der Waals surface area contributed by atoms with Crippen molar-refractivity contribution in [2.75, 3.05) is 13.1 Å². The maximum atomic E-state index is 9.48. The van der Waals surface area contributed by atoms with Crippen molar-refractivity contribution in [3.8, 4) is 11.5 Å². The van der Waals surface area contributed by atoms with Crippen molar-refractivity contribution >= 4 is 0 Å². The number of hydrogen-bond donors (Lipinski definition) is 1. The summed E-state index contributed by atoms with van der Waals surface area (Å²) in [6.07, 6.45) is 2.36. The summed E-state index contributed by atoms with van der Waals surface area (Å²) < 4.78 is 5.49. The van der Waals surface area contributed by atoms with Gasteiger partial charge in [0, 0.05) is 25.2 Å². The van der Waals surface area contributed by atoms with Crippen LogP contribution in [0.1, 0.15) is 12.1 Å². The fourth-order valence-corrected chi connectivity index (χ4v) is 2.28. The monoisotopic (exact) mass is 244 g/mol. The number of aliphatic hydroxyl groups is 1. The third-order valence-electron chi connectivity index (χ3n) is 3.21. The van der Waals surface area contributed by atoms with Gasteiger partial charge in [-0.25, -0.2) is 4.98 Å². The molecule has 0 unspecified atom stereocenters. The Bertz CT molecular complexity index is 510. The Labute approximate surface area is 106 Å². The molecule has 2 heterocycles. The van der Waals surface area contributed by atoms with Gasteiger partial charge in [-0.1, -0.05) is 18.2 Å². The highest BCUT2D eigenvalue weighted by Crippen LogP contribution is 2.19. The Balaban J connectivity index is 1.70. The first-order valence-corrected chi connectivity index (χ1v) is 6.21. The second-order valence-electron chi connectivity index (χ2n) is 4.69. The van der Waals surface area contributed by atoms with Gasteiger partial charge in [-0.3, -0.25) is 4.90 Å². The number of oxazole rings is 1. The molecule has 1 aromatic heterocycles. The number of nitrogens with zero attached hydrogens (tertiary/aromatic N) is 2. The summed E-state index contributed by atoms with van der Waals surface area (Å²) in [6.45, 7) is 2.40. The Morgan fingerprint density at radius 3 is 2.89 bits per heavy atom. The topological polar surface area (TPSA) is 49.5 Å². The quantitative estimate of drug-likeness (QED) is 0.896. The summed E-state index contributed by atoms with van der Waals surface area (Å²) in [5, 5.41) is 9.48. The molecule has 1 saturated heterocycles. The van der Waals surface area contributed by atoms with Crippen LogP contribution in [0.25, 0.3) is 11.5 Å². The predicted molar refractivity (Wildman–Crippen MR) is 67.8 cm³/mol. The lowest BCUT2D eigenvalue weighted by Crippen LogP contribution is -2.21. The smallest absolute Gasteiger partial charge is 0.226 e. The molecule has 0 aliphatic carbocycles. The maximum Gasteiger partial charge on any atom is 0.226 e. The molecule has 4 heteroatoms. The van der Waals surface area contributed by atoms with Gasteiger partial charge < -0.3 is 9.52 Å². The molecule has 1 aliphatic rings. The average molecular weight is 244 g/mol. The van der Waals surface area contributed by atoms with Crippen LogP contribution in [0.2, 0.25) is 0 Å². The summed E-state index contributed by atoms with van der Waals surface area (Å²) in [5.74, 6) is 0.658. The van der Waals surface area contributed by atoms with Crippen molar-refractivity contribution in [2.24, 2.45) is 0 Å². The summed E-state index contributed by atoms with van der Waals surface area (Å²) in [4.78, 5) is 6.67. The van der Waals surface area contributed by atoms with E-state index in [1.165, 1.54) is 0 Å². The minimum absolute atomic E-state index is 0.189. The van der Waals surface area contributed by atoms with Crippen molar-refractivity contribution in [3.63, 3.8) is 0 Å². The van der Waals surface area contributed by atoms with E-state index in [1.54, 1.807) is 6.26 Å². The summed E-state index contributed by atoms with van der Waals surface area (Å²) in [6, 6.07) is 9.87. The molecule has 18 heavy (non-hydrogen) atoms. The van der Waals surface area contributed by atoms with Gasteiger partial charge in [-0.05, 0) is 18.6 Å². The molecular formula is C14H16N2O2. The zero-order valence-electron chi connectivity index (χ0n) is 10.1. The highest BCUT2D eigenvalue weighted by molar-refractivity contribution is 5.52. The zero-order chi connectivity index (χ0) is 12.4. The molecule has 2 aromatic rings. The Hall–Kier alpha value is -1.65. The molecule has 4 nitrogen and oxygen atoms in total. The van der Waals surface area contributed by atoms with E-state index in [2.05, 4.69) is 9.88 Å². The predicted octanol–water partition coefficient (Wildman–Crippen LogP) is 1.91. The fraction of sp³-hybridized carbons (Fsp3) is 0.357. The molecule has 0 saturated carbocycles. The molecule has 3 rings (SSSR count). The standard InChI is InChI=1S/C14H16N2O2/c17-13-6-7-16(9-13)8-12-10-18-14(15-12)11-4-2-1-3-5-11/h1-5,10,13,17H,6-9H2/t13-/m1/s1. The first kappa shape index (κ1) is 11.4. The Kier molecular flexibility index (Phi) is 3.13. The highest BCUT2D eigenvalue weighted by Gasteiger charge is 2.21. The van der Waals surface area contributed by atoms with Crippen LogP contribution in [0.4, 0.5) is 0 Å². The van der Waals surface area contributed by atoms with Crippen molar-refractivity contribution in [3.05, 3.63) is 42.3 Å². The first-order valence-electron chi connectivity index (χ1n) is 6.21. The molecule has 0 amide bonds. The molecule has 1 aliphatic heterocycles. The van der Waals surface area contributed by atoms with E-state index < -0.39 is 0 Å². The van der Waals surface area contributed by atoms with E-state index in [9.17, 15) is 5.11 Å². The van der Waals surface area contributed by atoms with E-state index in [0.717, 1.165) is 37.3 Å². The molecule has 1 atom stereocenters. The van der Waals surface area contributed by atoms with Crippen LogP contribution >= 0.6 is 0 Å². The second kappa shape index (κ2) is 4.92. The van der Waals surface area contributed by atoms with Crippen LogP contribution in [0, 0.1) is 0 Å². The van der Waals surface area contributed by atoms with Gasteiger partial charge in [0.2, 0.25) is 5.89 Å². The van der Waals surface area contributed by atoms with Crippen LogP contribution in [0.5, 0.6) is 0 Å². The molecule has 94 valence electrons. The highest BCUT2D eigenvalue weighted by atomic mass is 16.3. The molecule has 1 aromatic carbocycles. The lowest BCUT2D eigenvalue weighted by Gasteiger charge is -2.11. The van der Waals surface area contributed by atoms with E-state index in [4.69, 9.17) is 4.42 Å². The number of rotatable bonds is 3. The first-order chi connectivity index (χ1) is 8.81. The van der Waals surface area contributed by atoms with Crippen LogP contribution in [-0.2, 0) is 6.54 Å². The maximum absolute atomic E-state index is 9.48. The molecular weight excluding hydrogens is 228 g/mol. The van der Waals surface area contributed by atoms with Gasteiger partial charge in [0.05, 0.1) is 11.8 Å². The van der Waals surface area contributed by atoms with Gasteiger partial charge >= 0.3 is 0 Å². The minimum atomic E-state index is -0.189. The molecule has 0 bridgehead atoms. The average Bonchev–Trinajstić information content (AvgIpc) is 3.01. The fourth-order valence-electron chi connectivity index (χ4n) is 2.28. The van der Waals surface area contributed by atoms with Gasteiger partial charge in [0.25, 0.3) is 0 Å². The van der Waals surface area contributed by atoms with Crippen molar-refractivity contribution in [1.29, 1.82) is 0 Å². The van der Waals surface area contributed by atoms with Crippen molar-refractivity contribution < 1.29 is 9.52 Å². The normalized spacial score (nSPS) is 20.4. The number of β-amino-alcohol motifs (C(OH)–C–C–N with tert-alkyl or cyclic N) is 1. The van der Waals surface area contributed by atoms with E-state index in [-0.39, 0.29) is 6.10 Å². The number of likely N-dealkylation sites (tertiary alicyclic amines) is 1. The van der Waals surface area contributed by atoms with E-state index >= 15 is 0 Å². The van der Waals surface area contributed by atoms with Crippen LogP contribution < -0.4 is 0 Å². The van der Waals surface area contributed by atoms with E-state index in [1.807, 2.05) is 30.3 Å². The summed E-state index contributed by atoms with van der Waals surface area (Å²) >= 11 is 0. The third kappa shape index (κ3) is 2.44. The van der Waals surface area contributed by atoms with Crippen LogP contribution in [0.15, 0.2) is 41.0 Å². The molecule has 1 fully saturated rings. The summed E-state index contributed by atoms with van der Waals surface area (Å²) in [7, 11) is 0. The third-order valence-corrected chi connectivity index (χ3v) is 3.21. The largest absolute Gasteiger partial charge is 0.444 e. The number of aliphatic hydroxyl groups excluding tert-OH is 1. The number of hydrogen-bond acceptors (Lipinski definition) is 4. The van der Waals surface area contributed by atoms with Gasteiger partial charge in [0.15, 0.2) is 0 Å². The Morgan fingerprint density at radius 1 is 1.33 bits per heavy atom. The van der Waals surface area contributed by atoms with Gasteiger partial charge in [-0.2, -0.15) is 0 Å². The van der Waals surface area contributed by atoms with Crippen LogP contribution in [-0.4, -0.2) is 34.2 Å². The zero-order valence-corrected chi connectivity index (χ0v) is 10.1. The minimum Gasteiger partial charge on any atom is -0.444 e. The summed E-state index contributed by atoms with van der Waals surface area (Å²) in [5.41, 5.74) is 1.91. The molecule has 0 radical (unpaired) electrons. The van der Waals surface area contributed by atoms with Gasteiger partial charge in [0.1, 0.15) is 6.26 Å². The number of aromatic nitrogens is 1. The van der Waals surface area contributed by atoms with E-state index in [0.29, 0.717) is 5.89 Å². The van der Waals surface area contributed by atoms with Crippen molar-refractivity contribution in [2.45, 2.75) is 19.1 Å². The number of benzene rings is 1. The lowest BCUT2D eigenvalue weighted by molar-refractivity contribution is 0.174. The lowest BCUT2D eigenvalue weighted by atomic mass is 10.2. The van der Waals surface area contributed by atoms with Crippen LogP contribution in [0.3, 0.4) is 0 Å².